The van der Waals surface area contributed by atoms with Gasteiger partial charge in [-0.25, -0.2) is 0 Å². The van der Waals surface area contributed by atoms with Crippen molar-refractivity contribution in [3.8, 4) is 6.07 Å². The minimum absolute atomic E-state index is 0.103. The molecular weight excluding hydrogens is 292 g/mol. The molecule has 0 spiro atoms. The third-order valence-corrected chi connectivity index (χ3v) is 4.41. The first-order chi connectivity index (χ1) is 9.79. The van der Waals surface area contributed by atoms with Crippen molar-refractivity contribution in [2.75, 3.05) is 30.4 Å². The lowest BCUT2D eigenvalue weighted by molar-refractivity contribution is 0.0953. The van der Waals surface area contributed by atoms with Crippen molar-refractivity contribution in [2.24, 2.45) is 0 Å². The van der Waals surface area contributed by atoms with Gasteiger partial charge in [-0.05, 0) is 24.3 Å². The number of hydrogen-bond donors (Lipinski definition) is 2. The number of amides is 1. The summed E-state index contributed by atoms with van der Waals surface area (Å²) in [6.07, 6.45) is 0.784. The number of thioether (sulfide) groups is 2. The van der Waals surface area contributed by atoms with Gasteiger partial charge >= 0.3 is 0 Å². The van der Waals surface area contributed by atoms with Crippen LogP contribution >= 0.6 is 23.5 Å². The molecule has 6 heteroatoms. The highest BCUT2D eigenvalue weighted by Crippen LogP contribution is 2.22. The van der Waals surface area contributed by atoms with Crippen LogP contribution in [0, 0.1) is 11.3 Å². The van der Waals surface area contributed by atoms with E-state index < -0.39 is 0 Å². The number of rotatable bonds is 9. The Bertz CT molecular complexity index is 461. The summed E-state index contributed by atoms with van der Waals surface area (Å²) < 4.78 is 0. The van der Waals surface area contributed by atoms with E-state index in [1.807, 2.05) is 18.2 Å². The predicted molar refractivity (Wildman–Crippen MR) is 84.1 cm³/mol. The van der Waals surface area contributed by atoms with E-state index in [0.717, 1.165) is 22.8 Å². The maximum absolute atomic E-state index is 12.1. The van der Waals surface area contributed by atoms with E-state index in [-0.39, 0.29) is 12.5 Å². The molecule has 0 saturated carbocycles. The van der Waals surface area contributed by atoms with Gasteiger partial charge in [-0.15, -0.1) is 11.8 Å². The van der Waals surface area contributed by atoms with Crippen molar-refractivity contribution in [1.29, 1.82) is 5.26 Å². The number of nitriles is 1. The molecule has 0 aromatic heterocycles. The fraction of sp³-hybridized carbons (Fsp3) is 0.429. The number of carbonyl (C=O) groups excluding carboxylic acids is 1. The lowest BCUT2D eigenvalue weighted by Crippen LogP contribution is -2.26. The molecule has 4 nitrogen and oxygen atoms in total. The van der Waals surface area contributed by atoms with Crippen molar-refractivity contribution in [3.05, 3.63) is 29.8 Å². The van der Waals surface area contributed by atoms with Crippen LogP contribution in [-0.2, 0) is 0 Å². The topological polar surface area (TPSA) is 73.1 Å². The SMILES string of the molecule is N#CCSc1ccccc1C(=O)NCCSCCCO. The maximum atomic E-state index is 12.1. The number of aliphatic hydroxyl groups is 1. The molecule has 0 saturated heterocycles. The summed E-state index contributed by atoms with van der Waals surface area (Å²) in [5.74, 6) is 1.97. The van der Waals surface area contributed by atoms with Crippen LogP contribution in [0.4, 0.5) is 0 Å². The minimum Gasteiger partial charge on any atom is -0.396 e. The second-order valence-electron chi connectivity index (χ2n) is 3.89. The number of benzene rings is 1. The van der Waals surface area contributed by atoms with E-state index in [4.69, 9.17) is 10.4 Å². The van der Waals surface area contributed by atoms with Gasteiger partial charge in [0.25, 0.3) is 5.91 Å². The maximum Gasteiger partial charge on any atom is 0.252 e. The zero-order valence-electron chi connectivity index (χ0n) is 11.2. The molecular formula is C14H18N2O2S2. The van der Waals surface area contributed by atoms with Gasteiger partial charge in [0, 0.05) is 23.8 Å². The minimum atomic E-state index is -0.103. The first-order valence-electron chi connectivity index (χ1n) is 6.35. The summed E-state index contributed by atoms with van der Waals surface area (Å²) >= 11 is 3.08. The first-order valence-corrected chi connectivity index (χ1v) is 8.49. The molecule has 20 heavy (non-hydrogen) atoms. The van der Waals surface area contributed by atoms with Crippen molar-refractivity contribution in [2.45, 2.75) is 11.3 Å². The van der Waals surface area contributed by atoms with Crippen LogP contribution < -0.4 is 5.32 Å². The summed E-state index contributed by atoms with van der Waals surface area (Å²) in [7, 11) is 0. The fourth-order valence-electron chi connectivity index (χ4n) is 1.49. The molecule has 2 N–H and O–H groups in total. The summed E-state index contributed by atoms with van der Waals surface area (Å²) in [4.78, 5) is 12.9. The highest BCUT2D eigenvalue weighted by molar-refractivity contribution is 7.99. The molecule has 1 aromatic carbocycles. The Hall–Kier alpha value is -1.16. The average molecular weight is 310 g/mol. The molecule has 0 aliphatic heterocycles. The Morgan fingerprint density at radius 2 is 2.15 bits per heavy atom. The summed E-state index contributed by atoms with van der Waals surface area (Å²) in [6.45, 7) is 0.815. The normalized spacial score (nSPS) is 10.0. The van der Waals surface area contributed by atoms with E-state index in [9.17, 15) is 4.79 Å². The molecule has 1 aromatic rings. The van der Waals surface area contributed by atoms with Crippen LogP contribution in [0.2, 0.25) is 0 Å². The van der Waals surface area contributed by atoms with Crippen molar-refractivity contribution >= 4 is 29.4 Å². The molecule has 0 heterocycles. The summed E-state index contributed by atoms with van der Waals surface area (Å²) in [5, 5.41) is 20.1. The molecule has 1 rings (SSSR count). The molecule has 0 atom stereocenters. The number of hydrogen-bond acceptors (Lipinski definition) is 5. The van der Waals surface area contributed by atoms with Gasteiger partial charge in [0.05, 0.1) is 17.4 Å². The van der Waals surface area contributed by atoms with E-state index in [1.165, 1.54) is 11.8 Å². The lowest BCUT2D eigenvalue weighted by atomic mass is 10.2. The second-order valence-corrected chi connectivity index (χ2v) is 6.13. The van der Waals surface area contributed by atoms with Gasteiger partial charge in [-0.2, -0.15) is 17.0 Å². The average Bonchev–Trinajstić information content (AvgIpc) is 2.48. The van der Waals surface area contributed by atoms with Gasteiger partial charge in [0.1, 0.15) is 0 Å². The van der Waals surface area contributed by atoms with Gasteiger partial charge in [-0.1, -0.05) is 12.1 Å². The molecule has 1 amide bonds. The second kappa shape index (κ2) is 10.6. The van der Waals surface area contributed by atoms with Gasteiger partial charge in [-0.3, -0.25) is 4.79 Å². The summed E-state index contributed by atoms with van der Waals surface area (Å²) in [5.41, 5.74) is 0.619. The molecule has 0 unspecified atom stereocenters. The van der Waals surface area contributed by atoms with Gasteiger partial charge in [0.2, 0.25) is 0 Å². The largest absolute Gasteiger partial charge is 0.396 e. The quantitative estimate of drug-likeness (QED) is 0.540. The smallest absolute Gasteiger partial charge is 0.252 e. The van der Waals surface area contributed by atoms with E-state index in [1.54, 1.807) is 17.8 Å². The molecule has 0 fully saturated rings. The molecule has 0 radical (unpaired) electrons. The van der Waals surface area contributed by atoms with Crippen molar-refractivity contribution in [3.63, 3.8) is 0 Å². The zero-order valence-corrected chi connectivity index (χ0v) is 12.8. The number of nitrogens with one attached hydrogen (secondary N) is 1. The van der Waals surface area contributed by atoms with E-state index in [0.29, 0.717) is 17.9 Å². The summed E-state index contributed by atoms with van der Waals surface area (Å²) in [6, 6.07) is 9.37. The molecule has 108 valence electrons. The standard InChI is InChI=1S/C14H18N2O2S2/c15-6-10-20-13-5-2-1-4-12(13)14(18)16-7-11-19-9-3-8-17/h1-2,4-5,17H,3,7-11H2,(H,16,18). The third kappa shape index (κ3) is 6.33. The highest BCUT2D eigenvalue weighted by Gasteiger charge is 2.10. The highest BCUT2D eigenvalue weighted by atomic mass is 32.2. The molecule has 0 aliphatic rings. The van der Waals surface area contributed by atoms with Crippen molar-refractivity contribution in [1.82, 2.24) is 5.32 Å². The molecule has 0 aliphatic carbocycles. The Morgan fingerprint density at radius 1 is 1.35 bits per heavy atom. The Labute approximate surface area is 127 Å². The van der Waals surface area contributed by atoms with E-state index >= 15 is 0 Å². The van der Waals surface area contributed by atoms with Crippen molar-refractivity contribution < 1.29 is 9.90 Å². The third-order valence-electron chi connectivity index (χ3n) is 2.40. The monoisotopic (exact) mass is 310 g/mol. The Balaban J connectivity index is 2.41. The Morgan fingerprint density at radius 3 is 2.90 bits per heavy atom. The number of carbonyl (C=O) groups is 1. The van der Waals surface area contributed by atoms with Crippen LogP contribution in [-0.4, -0.2) is 41.4 Å². The predicted octanol–water partition coefficient (Wildman–Crippen LogP) is 2.15. The van der Waals surface area contributed by atoms with Crippen LogP contribution in [0.25, 0.3) is 0 Å². The fourth-order valence-corrected chi connectivity index (χ4v) is 2.99. The van der Waals surface area contributed by atoms with Gasteiger partial charge < -0.3 is 10.4 Å². The van der Waals surface area contributed by atoms with Crippen LogP contribution in [0.1, 0.15) is 16.8 Å². The van der Waals surface area contributed by atoms with Crippen LogP contribution in [0.15, 0.2) is 29.2 Å². The van der Waals surface area contributed by atoms with Crippen LogP contribution in [0.5, 0.6) is 0 Å². The molecule has 0 bridgehead atoms. The number of aliphatic hydroxyl groups excluding tert-OH is 1. The van der Waals surface area contributed by atoms with Gasteiger partial charge in [0.15, 0.2) is 0 Å². The zero-order chi connectivity index (χ0) is 14.6. The van der Waals surface area contributed by atoms with Crippen LogP contribution in [0.3, 0.4) is 0 Å². The Kier molecular flexibility index (Phi) is 8.96. The van der Waals surface area contributed by atoms with E-state index in [2.05, 4.69) is 11.4 Å². The first kappa shape index (κ1) is 16.9. The number of nitrogens with zero attached hydrogens (tertiary/aromatic N) is 1. The lowest BCUT2D eigenvalue weighted by Gasteiger charge is -2.08.